The van der Waals surface area contributed by atoms with E-state index in [4.69, 9.17) is 10.6 Å². The van der Waals surface area contributed by atoms with Crippen LogP contribution < -0.4 is 11.3 Å². The van der Waals surface area contributed by atoms with Crippen molar-refractivity contribution in [1.29, 1.82) is 0 Å². The molecule has 1 saturated heterocycles. The molecule has 0 saturated carbocycles. The zero-order valence-electron chi connectivity index (χ0n) is 12.9. The lowest BCUT2D eigenvalue weighted by atomic mass is 9.75. The number of nitrogens with two attached hydrogens (primary N) is 1. The van der Waals surface area contributed by atoms with E-state index in [1.54, 1.807) is 7.11 Å². The van der Waals surface area contributed by atoms with E-state index in [2.05, 4.69) is 36.1 Å². The number of aliphatic imine (C=N–C) groups is 1. The Kier molecular flexibility index (Phi) is 6.58. The summed E-state index contributed by atoms with van der Waals surface area (Å²) in [4.78, 5) is 6.78. The third-order valence-electron chi connectivity index (χ3n) is 3.92. The van der Waals surface area contributed by atoms with Gasteiger partial charge in [0.2, 0.25) is 5.96 Å². The number of nitrogens with one attached hydrogen (secondary N) is 1. The number of nitrogens with zero attached hydrogens (tertiary/aromatic N) is 2. The van der Waals surface area contributed by atoms with Crippen molar-refractivity contribution in [1.82, 2.24) is 10.3 Å². The zero-order chi connectivity index (χ0) is 14.3. The van der Waals surface area contributed by atoms with Crippen molar-refractivity contribution in [2.75, 3.05) is 33.4 Å². The van der Waals surface area contributed by atoms with Gasteiger partial charge in [-0.05, 0) is 30.6 Å². The topological polar surface area (TPSA) is 62.9 Å². The van der Waals surface area contributed by atoms with Crippen molar-refractivity contribution in [2.45, 2.75) is 40.0 Å². The van der Waals surface area contributed by atoms with Crippen molar-refractivity contribution in [3.8, 4) is 0 Å². The molecule has 0 aromatic carbocycles. The first kappa shape index (κ1) is 16.2. The first-order valence-electron chi connectivity index (χ1n) is 7.24. The maximum Gasteiger partial charge on any atom is 0.208 e. The highest BCUT2D eigenvalue weighted by Crippen LogP contribution is 2.34. The van der Waals surface area contributed by atoms with Crippen LogP contribution in [-0.2, 0) is 4.74 Å². The molecule has 1 aliphatic heterocycles. The summed E-state index contributed by atoms with van der Waals surface area (Å²) in [6.45, 7) is 10.6. The summed E-state index contributed by atoms with van der Waals surface area (Å²) < 4.78 is 5.02. The number of rotatable bonds is 4. The van der Waals surface area contributed by atoms with Gasteiger partial charge in [0.25, 0.3) is 0 Å². The molecule has 1 heterocycles. The van der Waals surface area contributed by atoms with Gasteiger partial charge in [-0.3, -0.25) is 10.4 Å². The van der Waals surface area contributed by atoms with Crippen LogP contribution in [0, 0.1) is 11.3 Å². The molecule has 0 amide bonds. The number of methoxy groups -OCH3 is 1. The van der Waals surface area contributed by atoms with Gasteiger partial charge in [0, 0.05) is 33.4 Å². The van der Waals surface area contributed by atoms with E-state index in [9.17, 15) is 0 Å². The Bertz CT molecular complexity index is 278. The van der Waals surface area contributed by atoms with Crippen LogP contribution in [0.2, 0.25) is 0 Å². The highest BCUT2D eigenvalue weighted by atomic mass is 16.5. The standard InChI is InChI=1S/C14H30N4O/c1-14(2,3)12-6-9-18(10-7-12)13(17-15)16-8-5-11-19-4/h12H,5-11,15H2,1-4H3,(H,16,17). The van der Waals surface area contributed by atoms with Gasteiger partial charge < -0.3 is 9.64 Å². The van der Waals surface area contributed by atoms with Crippen molar-refractivity contribution in [3.05, 3.63) is 0 Å². The van der Waals surface area contributed by atoms with Crippen LogP contribution in [0.4, 0.5) is 0 Å². The van der Waals surface area contributed by atoms with Crippen molar-refractivity contribution in [2.24, 2.45) is 22.2 Å². The number of hydrogen-bond donors (Lipinski definition) is 2. The SMILES string of the molecule is COCCCN=C(NN)N1CCC(C(C)(C)C)CC1. The Morgan fingerprint density at radius 1 is 1.37 bits per heavy atom. The lowest BCUT2D eigenvalue weighted by Crippen LogP contribution is -2.49. The number of hydrazine groups is 1. The maximum absolute atomic E-state index is 5.59. The van der Waals surface area contributed by atoms with Crippen LogP contribution in [0.25, 0.3) is 0 Å². The molecule has 0 radical (unpaired) electrons. The predicted molar refractivity (Wildman–Crippen MR) is 79.9 cm³/mol. The summed E-state index contributed by atoms with van der Waals surface area (Å²) >= 11 is 0. The molecule has 1 fully saturated rings. The van der Waals surface area contributed by atoms with Crippen molar-refractivity contribution < 1.29 is 4.74 Å². The first-order chi connectivity index (χ1) is 8.99. The highest BCUT2D eigenvalue weighted by Gasteiger charge is 2.29. The molecule has 19 heavy (non-hydrogen) atoms. The Morgan fingerprint density at radius 3 is 2.47 bits per heavy atom. The van der Waals surface area contributed by atoms with Crippen LogP contribution in [-0.4, -0.2) is 44.2 Å². The van der Waals surface area contributed by atoms with Crippen LogP contribution >= 0.6 is 0 Å². The van der Waals surface area contributed by atoms with E-state index in [1.165, 1.54) is 12.8 Å². The zero-order valence-corrected chi connectivity index (χ0v) is 12.9. The van der Waals surface area contributed by atoms with E-state index < -0.39 is 0 Å². The van der Waals surface area contributed by atoms with Crippen LogP contribution in [0.1, 0.15) is 40.0 Å². The minimum Gasteiger partial charge on any atom is -0.385 e. The van der Waals surface area contributed by atoms with Crippen LogP contribution in [0.15, 0.2) is 4.99 Å². The molecular weight excluding hydrogens is 240 g/mol. The Morgan fingerprint density at radius 2 is 2.00 bits per heavy atom. The normalized spacial score (nSPS) is 18.8. The van der Waals surface area contributed by atoms with Gasteiger partial charge >= 0.3 is 0 Å². The van der Waals surface area contributed by atoms with Crippen molar-refractivity contribution >= 4 is 5.96 Å². The Labute approximate surface area is 117 Å². The molecule has 0 aromatic heterocycles. The molecule has 1 aliphatic rings. The molecule has 3 N–H and O–H groups in total. The van der Waals surface area contributed by atoms with E-state index in [-0.39, 0.29) is 0 Å². The number of ether oxygens (including phenoxy) is 1. The summed E-state index contributed by atoms with van der Waals surface area (Å²) in [5.74, 6) is 7.20. The maximum atomic E-state index is 5.59. The fourth-order valence-corrected chi connectivity index (χ4v) is 2.59. The quantitative estimate of drug-likeness (QED) is 0.268. The summed E-state index contributed by atoms with van der Waals surface area (Å²) in [5, 5.41) is 0. The van der Waals surface area contributed by atoms with E-state index >= 15 is 0 Å². The molecular formula is C14H30N4O. The number of likely N-dealkylation sites (tertiary alicyclic amines) is 1. The number of piperidine rings is 1. The largest absolute Gasteiger partial charge is 0.385 e. The van der Waals surface area contributed by atoms with Gasteiger partial charge in [0.1, 0.15) is 0 Å². The molecule has 0 unspecified atom stereocenters. The number of hydrogen-bond acceptors (Lipinski definition) is 3. The molecule has 5 heteroatoms. The van der Waals surface area contributed by atoms with Crippen LogP contribution in [0.5, 0.6) is 0 Å². The molecule has 0 atom stereocenters. The van der Waals surface area contributed by atoms with Crippen molar-refractivity contribution in [3.63, 3.8) is 0 Å². The molecule has 0 aliphatic carbocycles. The lowest BCUT2D eigenvalue weighted by Gasteiger charge is -2.39. The molecule has 112 valence electrons. The van der Waals surface area contributed by atoms with Gasteiger partial charge in [-0.2, -0.15) is 0 Å². The minimum absolute atomic E-state index is 0.401. The second-order valence-corrected chi connectivity index (χ2v) is 6.32. The second kappa shape index (κ2) is 7.70. The Balaban J connectivity index is 2.43. The first-order valence-corrected chi connectivity index (χ1v) is 7.24. The summed E-state index contributed by atoms with van der Waals surface area (Å²) in [6.07, 6.45) is 3.35. The van der Waals surface area contributed by atoms with Gasteiger partial charge in [-0.15, -0.1) is 0 Å². The minimum atomic E-state index is 0.401. The summed E-state index contributed by atoms with van der Waals surface area (Å²) in [6, 6.07) is 0. The summed E-state index contributed by atoms with van der Waals surface area (Å²) in [5.41, 5.74) is 3.14. The summed E-state index contributed by atoms with van der Waals surface area (Å²) in [7, 11) is 1.71. The smallest absolute Gasteiger partial charge is 0.208 e. The van der Waals surface area contributed by atoms with E-state index in [1.807, 2.05) is 0 Å². The monoisotopic (exact) mass is 270 g/mol. The molecule has 0 spiro atoms. The highest BCUT2D eigenvalue weighted by molar-refractivity contribution is 5.79. The van der Waals surface area contributed by atoms with E-state index in [0.717, 1.165) is 44.5 Å². The van der Waals surface area contributed by atoms with Gasteiger partial charge in [-0.1, -0.05) is 20.8 Å². The fraction of sp³-hybridized carbons (Fsp3) is 0.929. The van der Waals surface area contributed by atoms with Crippen LogP contribution in [0.3, 0.4) is 0 Å². The lowest BCUT2D eigenvalue weighted by molar-refractivity contribution is 0.147. The average molecular weight is 270 g/mol. The van der Waals surface area contributed by atoms with E-state index in [0.29, 0.717) is 5.41 Å². The average Bonchev–Trinajstić information content (AvgIpc) is 2.38. The third kappa shape index (κ3) is 5.37. The fourth-order valence-electron chi connectivity index (χ4n) is 2.59. The predicted octanol–water partition coefficient (Wildman–Crippen LogP) is 1.60. The third-order valence-corrected chi connectivity index (χ3v) is 3.92. The second-order valence-electron chi connectivity index (χ2n) is 6.32. The molecule has 1 rings (SSSR count). The van der Waals surface area contributed by atoms with Gasteiger partial charge in [-0.25, -0.2) is 5.84 Å². The Hall–Kier alpha value is -0.810. The van der Waals surface area contributed by atoms with Gasteiger partial charge in [0.15, 0.2) is 0 Å². The van der Waals surface area contributed by atoms with Gasteiger partial charge in [0.05, 0.1) is 0 Å². The molecule has 5 nitrogen and oxygen atoms in total. The number of guanidine groups is 1. The molecule has 0 aromatic rings. The molecule has 0 bridgehead atoms.